The van der Waals surface area contributed by atoms with Crippen LogP contribution in [-0.4, -0.2) is 18.7 Å². The van der Waals surface area contributed by atoms with Crippen molar-refractivity contribution in [1.82, 2.24) is 4.98 Å². The Kier molecular flexibility index (Phi) is 5.12. The van der Waals surface area contributed by atoms with Gasteiger partial charge in [-0.1, -0.05) is 15.9 Å². The lowest BCUT2D eigenvalue weighted by atomic mass is 9.96. The van der Waals surface area contributed by atoms with Crippen LogP contribution in [0.5, 0.6) is 11.5 Å². The molecule has 0 unspecified atom stereocenters. The summed E-state index contributed by atoms with van der Waals surface area (Å²) in [6.45, 7) is 2.27. The first-order valence-corrected chi connectivity index (χ1v) is 7.64. The number of methoxy groups -OCH3 is 1. The SMILES string of the molecule is CCOc1cc(Br)c(-c2c(C#N)c(N)[nH]c(=O)c2C#N)cc1OC. The fourth-order valence-corrected chi connectivity index (χ4v) is 2.79. The van der Waals surface area contributed by atoms with Crippen molar-refractivity contribution in [3.8, 4) is 34.8 Å². The van der Waals surface area contributed by atoms with Crippen LogP contribution in [0.3, 0.4) is 0 Å². The van der Waals surface area contributed by atoms with E-state index >= 15 is 0 Å². The molecule has 1 aromatic heterocycles. The molecule has 8 heteroatoms. The van der Waals surface area contributed by atoms with Crippen LogP contribution in [0.15, 0.2) is 21.4 Å². The molecule has 0 aliphatic rings. The molecule has 3 N–H and O–H groups in total. The van der Waals surface area contributed by atoms with Gasteiger partial charge in [0.1, 0.15) is 29.1 Å². The Bertz CT molecular complexity index is 938. The zero-order valence-electron chi connectivity index (χ0n) is 12.9. The molecular formula is C16H13BrN4O3. The van der Waals surface area contributed by atoms with E-state index in [2.05, 4.69) is 20.9 Å². The highest BCUT2D eigenvalue weighted by molar-refractivity contribution is 9.10. The fraction of sp³-hybridized carbons (Fsp3) is 0.188. The van der Waals surface area contributed by atoms with E-state index < -0.39 is 5.56 Å². The van der Waals surface area contributed by atoms with Gasteiger partial charge < -0.3 is 20.2 Å². The van der Waals surface area contributed by atoms with Crippen LogP contribution in [0.25, 0.3) is 11.1 Å². The minimum atomic E-state index is -0.663. The van der Waals surface area contributed by atoms with Crippen LogP contribution in [0.2, 0.25) is 0 Å². The molecule has 1 aromatic carbocycles. The van der Waals surface area contributed by atoms with E-state index in [0.29, 0.717) is 28.1 Å². The second kappa shape index (κ2) is 7.07. The first-order chi connectivity index (χ1) is 11.5. The van der Waals surface area contributed by atoms with Crippen molar-refractivity contribution in [3.63, 3.8) is 0 Å². The lowest BCUT2D eigenvalue weighted by molar-refractivity contribution is 0.311. The maximum absolute atomic E-state index is 12.0. The van der Waals surface area contributed by atoms with E-state index in [4.69, 9.17) is 15.2 Å². The highest BCUT2D eigenvalue weighted by Gasteiger charge is 2.22. The normalized spacial score (nSPS) is 9.88. The van der Waals surface area contributed by atoms with Gasteiger partial charge in [0, 0.05) is 15.6 Å². The van der Waals surface area contributed by atoms with Gasteiger partial charge in [-0.25, -0.2) is 0 Å². The van der Waals surface area contributed by atoms with E-state index in [0.717, 1.165) is 0 Å². The summed E-state index contributed by atoms with van der Waals surface area (Å²) in [6, 6.07) is 6.99. The van der Waals surface area contributed by atoms with Gasteiger partial charge in [0.25, 0.3) is 5.56 Å². The summed E-state index contributed by atoms with van der Waals surface area (Å²) in [4.78, 5) is 14.3. The van der Waals surface area contributed by atoms with Crippen molar-refractivity contribution < 1.29 is 9.47 Å². The summed E-state index contributed by atoms with van der Waals surface area (Å²) in [5.41, 5.74) is 5.46. The third kappa shape index (κ3) is 2.92. The number of halogens is 1. The average Bonchev–Trinajstić information content (AvgIpc) is 2.55. The van der Waals surface area contributed by atoms with E-state index in [1.807, 2.05) is 19.1 Å². The zero-order valence-corrected chi connectivity index (χ0v) is 14.5. The van der Waals surface area contributed by atoms with Gasteiger partial charge in [0.15, 0.2) is 11.5 Å². The van der Waals surface area contributed by atoms with Gasteiger partial charge in [-0.15, -0.1) is 0 Å². The van der Waals surface area contributed by atoms with Crippen LogP contribution in [0, 0.1) is 22.7 Å². The third-order valence-corrected chi connectivity index (χ3v) is 3.95. The van der Waals surface area contributed by atoms with Crippen molar-refractivity contribution in [2.45, 2.75) is 6.92 Å². The highest BCUT2D eigenvalue weighted by Crippen LogP contribution is 2.41. The van der Waals surface area contributed by atoms with E-state index in [9.17, 15) is 15.3 Å². The van der Waals surface area contributed by atoms with Crippen molar-refractivity contribution in [1.29, 1.82) is 10.5 Å². The standard InChI is InChI=1S/C16H13BrN4O3/c1-3-24-13-5-11(17)8(4-12(13)23-2)14-9(6-18)15(20)21-16(22)10(14)7-19/h4-5H,3H2,1-2H3,(H3,20,21,22). The molecule has 2 rings (SSSR count). The van der Waals surface area contributed by atoms with Gasteiger partial charge in [0.2, 0.25) is 0 Å². The predicted molar refractivity (Wildman–Crippen MR) is 91.8 cm³/mol. The first kappa shape index (κ1) is 17.4. The molecule has 122 valence electrons. The molecule has 0 aliphatic carbocycles. The maximum Gasteiger partial charge on any atom is 0.268 e. The van der Waals surface area contributed by atoms with Crippen LogP contribution in [0.4, 0.5) is 5.82 Å². The number of nitrogens with two attached hydrogens (primary N) is 1. The monoisotopic (exact) mass is 388 g/mol. The quantitative estimate of drug-likeness (QED) is 0.828. The van der Waals surface area contributed by atoms with Gasteiger partial charge in [-0.3, -0.25) is 4.79 Å². The van der Waals surface area contributed by atoms with Crippen molar-refractivity contribution in [3.05, 3.63) is 38.1 Å². The number of rotatable bonds is 4. The third-order valence-electron chi connectivity index (χ3n) is 3.29. The zero-order chi connectivity index (χ0) is 17.9. The number of H-pyrrole nitrogens is 1. The van der Waals surface area contributed by atoms with Gasteiger partial charge in [-0.2, -0.15) is 10.5 Å². The number of hydrogen-bond acceptors (Lipinski definition) is 6. The summed E-state index contributed by atoms with van der Waals surface area (Å²) < 4.78 is 11.3. The Morgan fingerprint density at radius 3 is 2.46 bits per heavy atom. The molecule has 0 amide bonds. The Morgan fingerprint density at radius 1 is 1.25 bits per heavy atom. The molecule has 0 bridgehead atoms. The number of aromatic amines is 1. The molecule has 0 aliphatic heterocycles. The van der Waals surface area contributed by atoms with Crippen molar-refractivity contribution >= 4 is 21.7 Å². The molecule has 0 atom stereocenters. The number of benzene rings is 1. The van der Waals surface area contributed by atoms with Gasteiger partial charge >= 0.3 is 0 Å². The molecule has 0 radical (unpaired) electrons. The molecule has 2 aromatic rings. The van der Waals surface area contributed by atoms with E-state index in [-0.39, 0.29) is 22.5 Å². The minimum absolute atomic E-state index is 0.0121. The molecule has 0 fully saturated rings. The molecule has 0 saturated carbocycles. The Hall–Kier alpha value is -2.97. The smallest absolute Gasteiger partial charge is 0.268 e. The van der Waals surface area contributed by atoms with Crippen LogP contribution < -0.4 is 20.8 Å². The predicted octanol–water partition coefficient (Wildman–Crippen LogP) is 2.54. The number of nitriles is 2. The number of nitrogens with zero attached hydrogens (tertiary/aromatic N) is 2. The molecule has 1 heterocycles. The number of pyridine rings is 1. The minimum Gasteiger partial charge on any atom is -0.493 e. The van der Waals surface area contributed by atoms with Gasteiger partial charge in [0.05, 0.1) is 13.7 Å². The summed E-state index contributed by atoms with van der Waals surface area (Å²) in [7, 11) is 1.47. The summed E-state index contributed by atoms with van der Waals surface area (Å²) in [5.74, 6) is 0.795. The topological polar surface area (TPSA) is 125 Å². The van der Waals surface area contributed by atoms with E-state index in [1.54, 1.807) is 12.1 Å². The molecule has 24 heavy (non-hydrogen) atoms. The second-order valence-corrected chi connectivity index (χ2v) is 5.49. The summed E-state index contributed by atoms with van der Waals surface area (Å²) in [5, 5.41) is 18.7. The summed E-state index contributed by atoms with van der Waals surface area (Å²) in [6.07, 6.45) is 0. The van der Waals surface area contributed by atoms with Crippen molar-refractivity contribution in [2.75, 3.05) is 19.5 Å². The number of anilines is 1. The van der Waals surface area contributed by atoms with E-state index in [1.165, 1.54) is 7.11 Å². The van der Waals surface area contributed by atoms with Gasteiger partial charge in [-0.05, 0) is 19.1 Å². The number of hydrogen-bond donors (Lipinski definition) is 2. The number of nitrogen functional groups attached to an aromatic ring is 1. The van der Waals surface area contributed by atoms with Crippen LogP contribution >= 0.6 is 15.9 Å². The molecular weight excluding hydrogens is 376 g/mol. The lowest BCUT2D eigenvalue weighted by Crippen LogP contribution is -2.16. The molecule has 0 saturated heterocycles. The Balaban J connectivity index is 2.90. The largest absolute Gasteiger partial charge is 0.493 e. The van der Waals surface area contributed by atoms with Crippen LogP contribution in [-0.2, 0) is 0 Å². The van der Waals surface area contributed by atoms with Crippen molar-refractivity contribution in [2.24, 2.45) is 0 Å². The van der Waals surface area contributed by atoms with Crippen LogP contribution in [0.1, 0.15) is 18.1 Å². The highest BCUT2D eigenvalue weighted by atomic mass is 79.9. The Labute approximate surface area is 146 Å². The Morgan fingerprint density at radius 2 is 1.92 bits per heavy atom. The fourth-order valence-electron chi connectivity index (χ4n) is 2.27. The number of ether oxygens (including phenoxy) is 2. The molecule has 0 spiro atoms. The maximum atomic E-state index is 12.0. The number of nitrogens with one attached hydrogen (secondary N) is 1. The summed E-state index contributed by atoms with van der Waals surface area (Å²) >= 11 is 3.39. The number of aromatic nitrogens is 1. The lowest BCUT2D eigenvalue weighted by Gasteiger charge is -2.15. The average molecular weight is 389 g/mol. The second-order valence-electron chi connectivity index (χ2n) is 4.63. The first-order valence-electron chi connectivity index (χ1n) is 6.85. The molecule has 7 nitrogen and oxygen atoms in total.